The number of rotatable bonds is 23. The van der Waals surface area contributed by atoms with Crippen molar-refractivity contribution in [2.75, 3.05) is 34.5 Å². The lowest BCUT2D eigenvalue weighted by atomic mass is 9.99. The van der Waals surface area contributed by atoms with E-state index in [0.717, 1.165) is 96.4 Å². The third-order valence-corrected chi connectivity index (χ3v) is 17.7. The standard InChI is InChI=1S/C60H67N5O7S2/c1-6-61-25-13-7-8-17-48(66)18-14-26-73-74-60(3,4)24-23-57(67)63-45-29-40(37-71-54-35-51-50(27-39(54)2)59(69)65-47(36-62-51)32-44-16-10-12-20-53(44)65)28-41(30-45)38-72-56-33-42-21-22-46-31-43-15-9-11-19-52(43)64(46)58(68)49(42)34-55(56)70-5/h6,9-12,15-16,19-20,27-30,33-36,46-47H,7-8,13-14,17-18,21-26,31-32,37-38H2,1-5H3,(H,63,67)/t46-,47+/m1/s1. The van der Waals surface area contributed by atoms with E-state index in [0.29, 0.717) is 77.6 Å². The predicted molar refractivity (Wildman–Crippen MR) is 301 cm³/mol. The molecular formula is C60H67N5O7S2. The van der Waals surface area contributed by atoms with E-state index in [1.807, 2.05) is 115 Å². The van der Waals surface area contributed by atoms with Crippen LogP contribution >= 0.6 is 21.6 Å². The van der Waals surface area contributed by atoms with Crippen LogP contribution in [0.4, 0.5) is 22.7 Å². The van der Waals surface area contributed by atoms with E-state index in [2.05, 4.69) is 36.3 Å². The van der Waals surface area contributed by atoms with Crippen LogP contribution < -0.4 is 29.3 Å². The number of para-hydroxylation sites is 2. The molecule has 0 unspecified atom stereocenters. The molecule has 0 saturated heterocycles. The summed E-state index contributed by atoms with van der Waals surface area (Å²) in [7, 11) is 5.11. The number of benzene rings is 5. The first-order chi connectivity index (χ1) is 35.9. The van der Waals surface area contributed by atoms with E-state index in [4.69, 9.17) is 19.2 Å². The van der Waals surface area contributed by atoms with E-state index >= 15 is 0 Å². The highest BCUT2D eigenvalue weighted by Gasteiger charge is 2.38. The lowest BCUT2D eigenvalue weighted by molar-refractivity contribution is -0.119. The zero-order chi connectivity index (χ0) is 51.8. The molecule has 5 aromatic rings. The molecule has 5 aromatic carbocycles. The minimum absolute atomic E-state index is 0.0283. The second kappa shape index (κ2) is 23.9. The highest BCUT2D eigenvalue weighted by molar-refractivity contribution is 8.77. The number of carbonyl (C=O) groups excluding carboxylic acids is 4. The lowest BCUT2D eigenvalue weighted by Crippen LogP contribution is -2.37. The number of Topliss-reactive ketones (excluding diaryl/α,β-unsaturated/α-hetero) is 1. The van der Waals surface area contributed by atoms with Crippen LogP contribution in [0.25, 0.3) is 0 Å². The van der Waals surface area contributed by atoms with E-state index in [1.165, 1.54) is 5.56 Å². The predicted octanol–water partition coefficient (Wildman–Crippen LogP) is 12.8. The van der Waals surface area contributed by atoms with Gasteiger partial charge in [-0.2, -0.15) is 0 Å². The van der Waals surface area contributed by atoms with Crippen molar-refractivity contribution in [3.8, 4) is 17.2 Å². The first-order valence-electron chi connectivity index (χ1n) is 26.1. The summed E-state index contributed by atoms with van der Waals surface area (Å²) >= 11 is 0. The van der Waals surface area contributed by atoms with Gasteiger partial charge in [0.2, 0.25) is 5.91 Å². The molecule has 1 N–H and O–H groups in total. The summed E-state index contributed by atoms with van der Waals surface area (Å²) in [6.45, 7) is 9.32. The van der Waals surface area contributed by atoms with E-state index in [1.54, 1.807) is 28.7 Å². The molecule has 0 aromatic heterocycles. The number of aryl methyl sites for hydroxylation is 2. The molecule has 2 atom stereocenters. The van der Waals surface area contributed by atoms with Crippen LogP contribution in [0.2, 0.25) is 0 Å². The molecule has 4 aliphatic rings. The highest BCUT2D eigenvalue weighted by Crippen LogP contribution is 2.43. The second-order valence-corrected chi connectivity index (χ2v) is 23.4. The third-order valence-electron chi connectivity index (χ3n) is 14.3. The number of carbonyl (C=O) groups is 4. The Hall–Kier alpha value is -6.38. The fraction of sp³-hybridized carbons (Fsp3) is 0.400. The quantitative estimate of drug-likeness (QED) is 0.0385. The average molecular weight is 1030 g/mol. The van der Waals surface area contributed by atoms with Gasteiger partial charge in [0.05, 0.1) is 24.4 Å². The number of nitrogens with one attached hydrogen (secondary N) is 1. The smallest absolute Gasteiger partial charge is 0.261 e. The van der Waals surface area contributed by atoms with Crippen LogP contribution in [0.1, 0.15) is 133 Å². The molecule has 12 nitrogen and oxygen atoms in total. The largest absolute Gasteiger partial charge is 0.493 e. The van der Waals surface area contributed by atoms with Gasteiger partial charge in [-0.15, -0.1) is 0 Å². The van der Waals surface area contributed by atoms with Gasteiger partial charge in [0, 0.05) is 83.7 Å². The molecule has 4 aliphatic heterocycles. The lowest BCUT2D eigenvalue weighted by Gasteiger charge is -2.23. The van der Waals surface area contributed by atoms with Gasteiger partial charge < -0.3 is 24.4 Å². The molecule has 9 rings (SSSR count). The molecule has 4 heterocycles. The SMILES string of the molecule is CC=NCCCCCC(=O)CCCSSC(C)(C)CCC(=O)Nc1cc(COc2cc3c(cc2C)C(=O)N2c4ccccc4C[C@H]2C=N3)cc(COc2cc3c(cc2OC)C(=O)N2c4ccccc4C[C@H]2CC3)c1. The summed E-state index contributed by atoms with van der Waals surface area (Å²) in [5.74, 6) is 2.59. The third kappa shape index (κ3) is 12.4. The summed E-state index contributed by atoms with van der Waals surface area (Å²) in [4.78, 5) is 67.2. The fourth-order valence-corrected chi connectivity index (χ4v) is 13.0. The molecule has 3 amide bonds. The minimum atomic E-state index is -0.166. The monoisotopic (exact) mass is 1030 g/mol. The molecule has 386 valence electrons. The maximum atomic E-state index is 14.2. The van der Waals surface area contributed by atoms with Crippen LogP contribution in [0.15, 0.2) is 101 Å². The van der Waals surface area contributed by atoms with Crippen molar-refractivity contribution in [2.24, 2.45) is 9.98 Å². The second-order valence-electron chi connectivity index (χ2n) is 20.3. The zero-order valence-corrected chi connectivity index (χ0v) is 44.9. The summed E-state index contributed by atoms with van der Waals surface area (Å²) in [6.07, 6.45) is 12.9. The highest BCUT2D eigenvalue weighted by atomic mass is 33.1. The van der Waals surface area contributed by atoms with E-state index in [9.17, 15) is 19.2 Å². The van der Waals surface area contributed by atoms with Crippen molar-refractivity contribution in [3.05, 3.63) is 136 Å². The number of amides is 3. The Morgan fingerprint density at radius 2 is 1.49 bits per heavy atom. The Labute approximate surface area is 443 Å². The van der Waals surface area contributed by atoms with Crippen molar-refractivity contribution >= 4 is 80.3 Å². The summed E-state index contributed by atoms with van der Waals surface area (Å²) in [6, 6.07) is 29.4. The van der Waals surface area contributed by atoms with Crippen LogP contribution in [-0.2, 0) is 42.1 Å². The number of anilines is 3. The average Bonchev–Trinajstić information content (AvgIpc) is 3.89. The summed E-state index contributed by atoms with van der Waals surface area (Å²) < 4.78 is 18.8. The zero-order valence-electron chi connectivity index (χ0n) is 43.2. The number of ether oxygens (including phenoxy) is 3. The van der Waals surface area contributed by atoms with Gasteiger partial charge in [0.25, 0.3) is 11.8 Å². The van der Waals surface area contributed by atoms with Crippen LogP contribution in [-0.4, -0.2) is 72.2 Å². The summed E-state index contributed by atoms with van der Waals surface area (Å²) in [5, 5.41) is 3.17. The van der Waals surface area contributed by atoms with Gasteiger partial charge in [-0.05, 0) is 161 Å². The van der Waals surface area contributed by atoms with E-state index < -0.39 is 0 Å². The number of ketones is 1. The Bertz CT molecular complexity index is 2970. The number of fused-ring (bicyclic) bond motifs is 8. The number of methoxy groups -OCH3 is 1. The van der Waals surface area contributed by atoms with Crippen molar-refractivity contribution in [3.63, 3.8) is 0 Å². The maximum Gasteiger partial charge on any atom is 0.261 e. The molecule has 0 saturated carbocycles. The van der Waals surface area contributed by atoms with Gasteiger partial charge in [-0.25, -0.2) is 0 Å². The Morgan fingerprint density at radius 1 is 0.784 bits per heavy atom. The normalized spacial score (nSPS) is 16.4. The number of hydrogen-bond donors (Lipinski definition) is 1. The molecule has 0 aliphatic carbocycles. The van der Waals surface area contributed by atoms with Gasteiger partial charge in [0.1, 0.15) is 24.7 Å². The van der Waals surface area contributed by atoms with Crippen molar-refractivity contribution < 1.29 is 33.4 Å². The Morgan fingerprint density at radius 3 is 2.24 bits per heavy atom. The van der Waals surface area contributed by atoms with Crippen molar-refractivity contribution in [1.29, 1.82) is 0 Å². The molecule has 14 heteroatoms. The molecule has 0 fully saturated rings. The van der Waals surface area contributed by atoms with Gasteiger partial charge in [-0.3, -0.25) is 34.1 Å². The fourth-order valence-electron chi connectivity index (χ4n) is 10.4. The minimum Gasteiger partial charge on any atom is -0.493 e. The van der Waals surface area contributed by atoms with Gasteiger partial charge in [0.15, 0.2) is 11.5 Å². The van der Waals surface area contributed by atoms with E-state index in [-0.39, 0.29) is 47.8 Å². The molecule has 0 radical (unpaired) electrons. The van der Waals surface area contributed by atoms with Crippen molar-refractivity contribution in [1.82, 2.24) is 0 Å². The molecule has 0 spiro atoms. The number of unbranched alkanes of at least 4 members (excludes halogenated alkanes) is 2. The Kier molecular flexibility index (Phi) is 16.9. The van der Waals surface area contributed by atoms with Crippen molar-refractivity contribution in [2.45, 2.75) is 135 Å². The van der Waals surface area contributed by atoms with Crippen LogP contribution in [0.5, 0.6) is 17.2 Å². The van der Waals surface area contributed by atoms with Crippen LogP contribution in [0.3, 0.4) is 0 Å². The Balaban J connectivity index is 0.871. The molecular weight excluding hydrogens is 967 g/mol. The molecule has 0 bridgehead atoms. The van der Waals surface area contributed by atoms with Gasteiger partial charge in [-0.1, -0.05) is 64.4 Å². The van der Waals surface area contributed by atoms with Crippen LogP contribution in [0, 0.1) is 6.92 Å². The first-order valence-corrected chi connectivity index (χ1v) is 28.4. The number of nitrogens with zero attached hydrogens (tertiary/aromatic N) is 4. The topological polar surface area (TPSA) is 139 Å². The summed E-state index contributed by atoms with van der Waals surface area (Å²) in [5.41, 5.74) is 9.87. The van der Waals surface area contributed by atoms with Gasteiger partial charge >= 0.3 is 0 Å². The first kappa shape index (κ1) is 52.5. The maximum absolute atomic E-state index is 14.2. The number of hydrogen-bond acceptors (Lipinski definition) is 11. The molecule has 74 heavy (non-hydrogen) atoms. The number of aliphatic imine (C=N–C) groups is 2.